The maximum atomic E-state index is 5.45. The summed E-state index contributed by atoms with van der Waals surface area (Å²) in [5.74, 6) is 3.51. The molecule has 0 amide bonds. The summed E-state index contributed by atoms with van der Waals surface area (Å²) in [6.45, 7) is 10.4. The van der Waals surface area contributed by atoms with E-state index in [1.807, 2.05) is 13.0 Å². The van der Waals surface area contributed by atoms with Gasteiger partial charge in [0.1, 0.15) is 17.5 Å². The molecule has 112 valence electrons. The lowest BCUT2D eigenvalue weighted by atomic mass is 10.3. The highest BCUT2D eigenvalue weighted by Crippen LogP contribution is 2.39. The molecule has 0 saturated heterocycles. The van der Waals surface area contributed by atoms with Crippen molar-refractivity contribution in [2.75, 3.05) is 43.1 Å². The van der Waals surface area contributed by atoms with Gasteiger partial charge in [-0.05, 0) is 33.6 Å². The van der Waals surface area contributed by atoms with Crippen LogP contribution in [-0.4, -0.2) is 42.8 Å². The van der Waals surface area contributed by atoms with Gasteiger partial charge in [-0.1, -0.05) is 0 Å². The normalized spacial score (nSPS) is 14.3. The predicted molar refractivity (Wildman–Crippen MR) is 82.6 cm³/mol. The minimum atomic E-state index is 0.568. The zero-order valence-corrected chi connectivity index (χ0v) is 12.9. The lowest BCUT2D eigenvalue weighted by Crippen LogP contribution is -2.28. The van der Waals surface area contributed by atoms with E-state index in [1.54, 1.807) is 0 Å². The summed E-state index contributed by atoms with van der Waals surface area (Å²) < 4.78 is 5.45. The van der Waals surface area contributed by atoms with Crippen LogP contribution in [0.5, 0.6) is 0 Å². The van der Waals surface area contributed by atoms with Crippen molar-refractivity contribution in [2.45, 2.75) is 39.5 Å². The van der Waals surface area contributed by atoms with Gasteiger partial charge >= 0.3 is 0 Å². The second-order valence-corrected chi connectivity index (χ2v) is 5.05. The van der Waals surface area contributed by atoms with Crippen LogP contribution in [0, 0.1) is 0 Å². The smallest absolute Gasteiger partial charge is 0.136 e. The number of nitrogens with one attached hydrogen (secondary N) is 1. The Morgan fingerprint density at radius 2 is 2.10 bits per heavy atom. The first kappa shape index (κ1) is 15.0. The number of nitrogens with zero attached hydrogens (tertiary/aromatic N) is 3. The summed E-state index contributed by atoms with van der Waals surface area (Å²) in [4.78, 5) is 11.6. The third-order valence-corrected chi connectivity index (χ3v) is 3.45. The molecular weight excluding hydrogens is 252 g/mol. The van der Waals surface area contributed by atoms with Crippen molar-refractivity contribution in [3.8, 4) is 0 Å². The SMILES string of the molecule is CCNc1cc(N(CC)CCOCC)nc(C2CC2)n1. The fourth-order valence-corrected chi connectivity index (χ4v) is 2.16. The number of aromatic nitrogens is 2. The van der Waals surface area contributed by atoms with Gasteiger partial charge in [0.15, 0.2) is 0 Å². The topological polar surface area (TPSA) is 50.3 Å². The lowest BCUT2D eigenvalue weighted by Gasteiger charge is -2.23. The molecule has 0 aliphatic heterocycles. The summed E-state index contributed by atoms with van der Waals surface area (Å²) in [6, 6.07) is 2.05. The molecule has 1 aliphatic rings. The summed E-state index contributed by atoms with van der Waals surface area (Å²) in [5, 5.41) is 3.31. The second-order valence-electron chi connectivity index (χ2n) is 5.05. The first-order valence-corrected chi connectivity index (χ1v) is 7.74. The maximum Gasteiger partial charge on any atom is 0.136 e. The quantitative estimate of drug-likeness (QED) is 0.704. The Balaban J connectivity index is 2.14. The molecule has 20 heavy (non-hydrogen) atoms. The molecule has 0 atom stereocenters. The van der Waals surface area contributed by atoms with Gasteiger partial charge in [0.2, 0.25) is 0 Å². The van der Waals surface area contributed by atoms with Gasteiger partial charge in [-0.3, -0.25) is 0 Å². The van der Waals surface area contributed by atoms with Gasteiger partial charge in [0.25, 0.3) is 0 Å². The largest absolute Gasteiger partial charge is 0.380 e. The Morgan fingerprint density at radius 1 is 1.30 bits per heavy atom. The van der Waals surface area contributed by atoms with Crippen molar-refractivity contribution in [1.29, 1.82) is 0 Å². The highest BCUT2D eigenvalue weighted by atomic mass is 16.5. The van der Waals surface area contributed by atoms with Gasteiger partial charge in [-0.15, -0.1) is 0 Å². The predicted octanol–water partition coefficient (Wildman–Crippen LogP) is 2.65. The van der Waals surface area contributed by atoms with Gasteiger partial charge < -0.3 is 15.0 Å². The lowest BCUT2D eigenvalue weighted by molar-refractivity contribution is 0.154. The zero-order valence-electron chi connectivity index (χ0n) is 12.9. The molecule has 0 bridgehead atoms. The molecule has 0 radical (unpaired) electrons. The van der Waals surface area contributed by atoms with E-state index in [1.165, 1.54) is 12.8 Å². The van der Waals surface area contributed by atoms with Crippen LogP contribution in [0.15, 0.2) is 6.07 Å². The van der Waals surface area contributed by atoms with E-state index in [0.29, 0.717) is 5.92 Å². The molecule has 5 nitrogen and oxygen atoms in total. The molecule has 1 heterocycles. The highest BCUT2D eigenvalue weighted by Gasteiger charge is 2.27. The van der Waals surface area contributed by atoms with Crippen LogP contribution in [0.1, 0.15) is 45.4 Å². The van der Waals surface area contributed by atoms with Crippen LogP contribution < -0.4 is 10.2 Å². The van der Waals surface area contributed by atoms with E-state index < -0.39 is 0 Å². The Labute approximate surface area is 121 Å². The van der Waals surface area contributed by atoms with Crippen molar-refractivity contribution in [3.63, 3.8) is 0 Å². The monoisotopic (exact) mass is 278 g/mol. The first-order valence-electron chi connectivity index (χ1n) is 7.74. The number of rotatable bonds is 9. The fourth-order valence-electron chi connectivity index (χ4n) is 2.16. The van der Waals surface area contributed by atoms with Crippen molar-refractivity contribution >= 4 is 11.6 Å². The van der Waals surface area contributed by atoms with E-state index in [9.17, 15) is 0 Å². The van der Waals surface area contributed by atoms with Gasteiger partial charge in [0, 0.05) is 38.2 Å². The third-order valence-electron chi connectivity index (χ3n) is 3.45. The van der Waals surface area contributed by atoms with Crippen LogP contribution in [0.2, 0.25) is 0 Å². The third kappa shape index (κ3) is 4.07. The summed E-state index contributed by atoms with van der Waals surface area (Å²) in [7, 11) is 0. The minimum absolute atomic E-state index is 0.568. The summed E-state index contributed by atoms with van der Waals surface area (Å²) in [5.41, 5.74) is 0. The number of hydrogen-bond acceptors (Lipinski definition) is 5. The number of likely N-dealkylation sites (N-methyl/N-ethyl adjacent to an activating group) is 1. The molecule has 0 unspecified atom stereocenters. The van der Waals surface area contributed by atoms with Crippen molar-refractivity contribution < 1.29 is 4.74 Å². The standard InChI is InChI=1S/C15H26N4O/c1-4-16-13-11-14(18-15(17-13)12-7-8-12)19(5-2)9-10-20-6-3/h11-12H,4-10H2,1-3H3,(H,16,17,18). The molecule has 1 aliphatic carbocycles. The van der Waals surface area contributed by atoms with E-state index in [0.717, 1.165) is 50.3 Å². The summed E-state index contributed by atoms with van der Waals surface area (Å²) >= 11 is 0. The molecule has 0 aromatic carbocycles. The molecule has 0 spiro atoms. The molecule has 5 heteroatoms. The Hall–Kier alpha value is -1.36. The molecule has 1 aromatic rings. The summed E-state index contributed by atoms with van der Waals surface area (Å²) in [6.07, 6.45) is 2.44. The van der Waals surface area contributed by atoms with Crippen LogP contribution in [0.25, 0.3) is 0 Å². The highest BCUT2D eigenvalue weighted by molar-refractivity contribution is 5.50. The van der Waals surface area contributed by atoms with Gasteiger partial charge in [-0.25, -0.2) is 9.97 Å². The zero-order chi connectivity index (χ0) is 14.4. The van der Waals surface area contributed by atoms with E-state index in [2.05, 4.69) is 29.0 Å². The van der Waals surface area contributed by atoms with Gasteiger partial charge in [-0.2, -0.15) is 0 Å². The maximum absolute atomic E-state index is 5.45. The first-order chi connectivity index (χ1) is 9.78. The molecule has 1 aromatic heterocycles. The van der Waals surface area contributed by atoms with Crippen LogP contribution in [-0.2, 0) is 4.74 Å². The Kier molecular flexibility index (Phi) is 5.59. The van der Waals surface area contributed by atoms with Gasteiger partial charge in [0.05, 0.1) is 6.61 Å². The van der Waals surface area contributed by atoms with Crippen molar-refractivity contribution in [1.82, 2.24) is 9.97 Å². The van der Waals surface area contributed by atoms with E-state index in [4.69, 9.17) is 9.72 Å². The minimum Gasteiger partial charge on any atom is -0.380 e. The average molecular weight is 278 g/mol. The number of ether oxygens (including phenoxy) is 1. The Bertz CT molecular complexity index is 420. The van der Waals surface area contributed by atoms with Crippen molar-refractivity contribution in [3.05, 3.63) is 11.9 Å². The number of hydrogen-bond donors (Lipinski definition) is 1. The number of anilines is 2. The Morgan fingerprint density at radius 3 is 2.70 bits per heavy atom. The molecule has 1 fully saturated rings. The average Bonchev–Trinajstić information content (AvgIpc) is 3.28. The fraction of sp³-hybridized carbons (Fsp3) is 0.733. The second kappa shape index (κ2) is 7.43. The van der Waals surface area contributed by atoms with Crippen molar-refractivity contribution in [2.24, 2.45) is 0 Å². The molecular formula is C15H26N4O. The van der Waals surface area contributed by atoms with E-state index in [-0.39, 0.29) is 0 Å². The molecule has 2 rings (SSSR count). The van der Waals surface area contributed by atoms with Crippen LogP contribution in [0.4, 0.5) is 11.6 Å². The molecule has 1 N–H and O–H groups in total. The van der Waals surface area contributed by atoms with Crippen LogP contribution in [0.3, 0.4) is 0 Å². The molecule has 1 saturated carbocycles. The van der Waals surface area contributed by atoms with Crippen LogP contribution >= 0.6 is 0 Å². The van der Waals surface area contributed by atoms with E-state index >= 15 is 0 Å².